The third kappa shape index (κ3) is 1.88. The van der Waals surface area contributed by atoms with Gasteiger partial charge in [0.05, 0.1) is 5.92 Å². The van der Waals surface area contributed by atoms with Crippen LogP contribution in [-0.4, -0.2) is 28.1 Å². The summed E-state index contributed by atoms with van der Waals surface area (Å²) in [6.07, 6.45) is 3.25. The van der Waals surface area contributed by atoms with Crippen LogP contribution in [0.1, 0.15) is 39.5 Å². The first-order chi connectivity index (χ1) is 10.00. The van der Waals surface area contributed by atoms with Gasteiger partial charge in [-0.2, -0.15) is 0 Å². The van der Waals surface area contributed by atoms with E-state index in [1.54, 1.807) is 0 Å². The number of halogens is 1. The lowest BCUT2D eigenvalue weighted by Crippen LogP contribution is -2.70. The van der Waals surface area contributed by atoms with Crippen molar-refractivity contribution in [1.82, 2.24) is 0 Å². The predicted octanol–water partition coefficient (Wildman–Crippen LogP) is 2.81. The molecule has 4 heterocycles. The van der Waals surface area contributed by atoms with E-state index in [0.29, 0.717) is 11.8 Å². The quantitative estimate of drug-likeness (QED) is 0.289. The van der Waals surface area contributed by atoms with Crippen LogP contribution >= 0.6 is 22.6 Å². The van der Waals surface area contributed by atoms with Gasteiger partial charge < -0.3 is 9.47 Å². The lowest BCUT2D eigenvalue weighted by molar-refractivity contribution is -0.559. The van der Waals surface area contributed by atoms with Crippen molar-refractivity contribution >= 4 is 28.6 Å². The summed E-state index contributed by atoms with van der Waals surface area (Å²) in [4.78, 5) is 24.0. The van der Waals surface area contributed by atoms with Crippen LogP contribution in [0, 0.1) is 23.7 Å². The number of rotatable bonds is 1. The molecule has 5 aliphatic rings. The first-order valence-electron chi connectivity index (χ1n) is 7.81. The second kappa shape index (κ2) is 4.79. The lowest BCUT2D eigenvalue weighted by atomic mass is 9.58. The monoisotopic (exact) mass is 408 g/mol. The van der Waals surface area contributed by atoms with E-state index in [9.17, 15) is 4.79 Å². The molecule has 1 spiro atoms. The highest BCUT2D eigenvalue weighted by atomic mass is 127. The van der Waals surface area contributed by atoms with Crippen LogP contribution in [0.4, 0.5) is 0 Å². The molecule has 0 aromatic heterocycles. The average Bonchev–Trinajstić information content (AvgIpc) is 2.67. The maximum Gasteiger partial charge on any atom is 0.312 e. The van der Waals surface area contributed by atoms with E-state index in [2.05, 4.69) is 29.5 Å². The van der Waals surface area contributed by atoms with E-state index in [0.717, 1.165) is 30.1 Å². The average molecular weight is 408 g/mol. The molecule has 1 saturated carbocycles. The topological polar surface area (TPSA) is 54.0 Å². The van der Waals surface area contributed by atoms with Crippen LogP contribution < -0.4 is 0 Å². The largest absolute Gasteiger partial charge is 0.432 e. The number of carbonyl (C=O) groups is 1. The summed E-state index contributed by atoms with van der Waals surface area (Å²) in [5.41, 5.74) is -0.614. The highest BCUT2D eigenvalue weighted by Gasteiger charge is 2.70. The van der Waals surface area contributed by atoms with Gasteiger partial charge in [-0.05, 0) is 32.1 Å². The number of fused-ring (bicyclic) bond motifs is 2. The fourth-order valence-corrected chi connectivity index (χ4v) is 5.76. The zero-order chi connectivity index (χ0) is 14.8. The number of hydrogen-bond donors (Lipinski definition) is 0. The number of hydrogen-bond acceptors (Lipinski definition) is 5. The summed E-state index contributed by atoms with van der Waals surface area (Å²) >= 11 is 2.27. The van der Waals surface area contributed by atoms with E-state index in [1.165, 1.54) is 0 Å². The Bertz CT molecular complexity index is 471. The maximum atomic E-state index is 12.3. The second-order valence-electron chi connectivity index (χ2n) is 7.11. The molecule has 0 N–H and O–H groups in total. The molecule has 0 aromatic rings. The van der Waals surface area contributed by atoms with Crippen LogP contribution in [-0.2, 0) is 24.0 Å². The van der Waals surface area contributed by atoms with Crippen molar-refractivity contribution in [3.8, 4) is 0 Å². The van der Waals surface area contributed by atoms with Gasteiger partial charge in [-0.1, -0.05) is 29.5 Å². The second-order valence-corrected chi connectivity index (χ2v) is 7.99. The maximum absolute atomic E-state index is 12.3. The summed E-state index contributed by atoms with van der Waals surface area (Å²) in [5.74, 6) is -0.0733. The van der Waals surface area contributed by atoms with Gasteiger partial charge in [0.15, 0.2) is 5.60 Å². The van der Waals surface area contributed by atoms with E-state index in [1.807, 2.05) is 6.92 Å². The van der Waals surface area contributed by atoms with Gasteiger partial charge in [-0.15, -0.1) is 0 Å². The summed E-state index contributed by atoms with van der Waals surface area (Å²) < 4.78 is 12.5. The highest BCUT2D eigenvalue weighted by Crippen LogP contribution is 2.59. The lowest BCUT2D eigenvalue weighted by Gasteiger charge is -2.58. The van der Waals surface area contributed by atoms with E-state index >= 15 is 0 Å². The minimum Gasteiger partial charge on any atom is -0.432 e. The fraction of sp³-hybridized carbons (Fsp3) is 0.933. The SMILES string of the molecule is C[C@@H]1CCC2[C@@H](CI)C(=O)O[C@@H]3O[C@@]4(C)CCC1[C@@]23OO4. The fourth-order valence-electron chi connectivity index (χ4n) is 4.79. The van der Waals surface area contributed by atoms with Gasteiger partial charge in [0, 0.05) is 22.7 Å². The summed E-state index contributed by atoms with van der Waals surface area (Å²) in [6.45, 7) is 4.14. The van der Waals surface area contributed by atoms with Crippen LogP contribution in [0.25, 0.3) is 0 Å². The molecule has 118 valence electrons. The molecule has 2 bridgehead atoms. The van der Waals surface area contributed by atoms with Gasteiger partial charge in [0.25, 0.3) is 0 Å². The molecule has 0 aromatic carbocycles. The van der Waals surface area contributed by atoms with Crippen molar-refractivity contribution in [2.75, 3.05) is 4.43 Å². The standard InChI is InChI=1S/C15H21IO5/c1-8-3-4-11-9(7-16)12(17)18-13-15(11)10(8)5-6-14(2,19-13)20-21-15/h8-11,13H,3-7H2,1-2H3/t8-,9-,10?,11?,13-,14-,15-/m1/s1. The molecular formula is C15H21IO5. The zero-order valence-corrected chi connectivity index (χ0v) is 14.5. The van der Waals surface area contributed by atoms with Crippen LogP contribution in [0.2, 0.25) is 0 Å². The van der Waals surface area contributed by atoms with Gasteiger partial charge in [0.2, 0.25) is 12.1 Å². The Hall–Kier alpha value is 0.0800. The van der Waals surface area contributed by atoms with Gasteiger partial charge >= 0.3 is 5.97 Å². The van der Waals surface area contributed by atoms with Crippen molar-refractivity contribution in [3.05, 3.63) is 0 Å². The minimum absolute atomic E-state index is 0.119. The minimum atomic E-state index is -0.797. The van der Waals surface area contributed by atoms with E-state index in [4.69, 9.17) is 19.2 Å². The molecule has 2 unspecified atom stereocenters. The van der Waals surface area contributed by atoms with Crippen LogP contribution in [0.3, 0.4) is 0 Å². The van der Waals surface area contributed by atoms with Gasteiger partial charge in [0.1, 0.15) is 0 Å². The Morgan fingerprint density at radius 1 is 1.24 bits per heavy atom. The Morgan fingerprint density at radius 3 is 2.81 bits per heavy atom. The number of alkyl halides is 1. The molecule has 4 aliphatic heterocycles. The van der Waals surface area contributed by atoms with Gasteiger partial charge in [-0.3, -0.25) is 4.79 Å². The Balaban J connectivity index is 1.82. The molecule has 6 heteroatoms. The first-order valence-corrected chi connectivity index (χ1v) is 9.34. The highest BCUT2D eigenvalue weighted by molar-refractivity contribution is 14.1. The molecule has 0 radical (unpaired) electrons. The summed E-state index contributed by atoms with van der Waals surface area (Å²) in [7, 11) is 0. The van der Waals surface area contributed by atoms with E-state index < -0.39 is 17.7 Å². The molecule has 0 amide bonds. The summed E-state index contributed by atoms with van der Waals surface area (Å²) in [6, 6.07) is 0. The smallest absolute Gasteiger partial charge is 0.312 e. The molecule has 21 heavy (non-hydrogen) atoms. The van der Waals surface area contributed by atoms with Gasteiger partial charge in [-0.25, -0.2) is 9.78 Å². The van der Waals surface area contributed by atoms with Crippen molar-refractivity contribution < 1.29 is 24.0 Å². The van der Waals surface area contributed by atoms with Crippen molar-refractivity contribution in [3.63, 3.8) is 0 Å². The normalized spacial score (nSPS) is 55.6. The van der Waals surface area contributed by atoms with Crippen LogP contribution in [0.15, 0.2) is 0 Å². The third-order valence-corrected chi connectivity index (χ3v) is 6.90. The summed E-state index contributed by atoms with van der Waals surface area (Å²) in [5, 5.41) is 0. The Morgan fingerprint density at radius 2 is 2.05 bits per heavy atom. The third-order valence-electron chi connectivity index (χ3n) is 5.95. The van der Waals surface area contributed by atoms with Crippen molar-refractivity contribution in [2.24, 2.45) is 23.7 Å². The molecule has 7 atom stereocenters. The van der Waals surface area contributed by atoms with E-state index in [-0.39, 0.29) is 17.8 Å². The molecule has 5 fully saturated rings. The van der Waals surface area contributed by atoms with Crippen molar-refractivity contribution in [1.29, 1.82) is 0 Å². The molecule has 4 saturated heterocycles. The van der Waals surface area contributed by atoms with Crippen LogP contribution in [0.5, 0.6) is 0 Å². The number of ether oxygens (including phenoxy) is 2. The number of esters is 1. The molecule has 1 aliphatic carbocycles. The Labute approximate surface area is 138 Å². The molecule has 5 nitrogen and oxygen atoms in total. The Kier molecular flexibility index (Phi) is 3.34. The molecular weight excluding hydrogens is 387 g/mol. The number of carbonyl (C=O) groups excluding carboxylic acids is 1. The van der Waals surface area contributed by atoms with Crippen molar-refractivity contribution in [2.45, 2.75) is 57.2 Å². The zero-order valence-electron chi connectivity index (χ0n) is 12.3. The first kappa shape index (κ1) is 14.7. The predicted molar refractivity (Wildman–Crippen MR) is 81.3 cm³/mol. The molecule has 5 rings (SSSR count).